The van der Waals surface area contributed by atoms with Crippen LogP contribution >= 0.6 is 15.9 Å². The zero-order chi connectivity index (χ0) is 14.6. The van der Waals surface area contributed by atoms with E-state index in [4.69, 9.17) is 11.5 Å². The number of hydrogen-bond donors (Lipinski definition) is 2. The minimum absolute atomic E-state index is 0.00327. The van der Waals surface area contributed by atoms with Crippen LogP contribution in [0.25, 0.3) is 0 Å². The lowest BCUT2D eigenvalue weighted by atomic mass is 10.2. The van der Waals surface area contributed by atoms with Crippen molar-refractivity contribution < 1.29 is 18.3 Å². The van der Waals surface area contributed by atoms with E-state index in [9.17, 15) is 13.2 Å². The van der Waals surface area contributed by atoms with E-state index in [0.29, 0.717) is 0 Å². The van der Waals surface area contributed by atoms with Crippen LogP contribution in [0, 0.1) is 19.3 Å². The van der Waals surface area contributed by atoms with Crippen LogP contribution in [-0.4, -0.2) is 25.5 Å². The van der Waals surface area contributed by atoms with Gasteiger partial charge in [-0.15, -0.1) is 12.3 Å². The van der Waals surface area contributed by atoms with E-state index >= 15 is 0 Å². The third-order valence-corrected chi connectivity index (χ3v) is 4.72. The summed E-state index contributed by atoms with van der Waals surface area (Å²) in [5, 5.41) is 8.88. The average Bonchev–Trinajstić information content (AvgIpc) is 2.31. The quantitative estimate of drug-likeness (QED) is 0.792. The summed E-state index contributed by atoms with van der Waals surface area (Å²) in [7, 11) is -3.91. The fraction of sp³-hybridized carbons (Fsp3) is 0.250. The first kappa shape index (κ1) is 15.7. The molecule has 1 aromatic carbocycles. The van der Waals surface area contributed by atoms with Gasteiger partial charge >= 0.3 is 5.97 Å². The monoisotopic (exact) mass is 345 g/mol. The number of aliphatic carboxylic acids is 1. The molecule has 0 saturated carbocycles. The summed E-state index contributed by atoms with van der Waals surface area (Å²) >= 11 is 3.26. The van der Waals surface area contributed by atoms with Crippen LogP contribution in [0.3, 0.4) is 0 Å². The molecule has 0 heterocycles. The molecule has 1 atom stereocenters. The van der Waals surface area contributed by atoms with Gasteiger partial charge in [-0.2, -0.15) is 4.72 Å². The van der Waals surface area contributed by atoms with E-state index in [1.165, 1.54) is 12.1 Å². The smallest absolute Gasteiger partial charge is 0.322 e. The molecule has 0 fully saturated rings. The second kappa shape index (κ2) is 6.19. The lowest BCUT2D eigenvalue weighted by Crippen LogP contribution is -2.40. The average molecular weight is 346 g/mol. The Hall–Kier alpha value is -1.36. The zero-order valence-electron chi connectivity index (χ0n) is 10.1. The number of halogens is 1. The van der Waals surface area contributed by atoms with E-state index in [-0.39, 0.29) is 11.3 Å². The number of carbonyl (C=O) groups is 1. The largest absolute Gasteiger partial charge is 0.480 e. The van der Waals surface area contributed by atoms with Gasteiger partial charge in [0.1, 0.15) is 6.04 Å². The maximum Gasteiger partial charge on any atom is 0.322 e. The Kier molecular flexibility index (Phi) is 5.11. The number of nitrogens with one attached hydrogen (secondary N) is 1. The van der Waals surface area contributed by atoms with Crippen LogP contribution in [0.4, 0.5) is 0 Å². The second-order valence-corrected chi connectivity index (χ2v) is 6.40. The number of aryl methyl sites for hydroxylation is 1. The number of carboxylic acids is 1. The normalized spacial score (nSPS) is 12.7. The van der Waals surface area contributed by atoms with Crippen LogP contribution < -0.4 is 4.72 Å². The van der Waals surface area contributed by atoms with Gasteiger partial charge in [-0.25, -0.2) is 8.42 Å². The highest BCUT2D eigenvalue weighted by molar-refractivity contribution is 9.10. The van der Waals surface area contributed by atoms with Crippen molar-refractivity contribution in [1.82, 2.24) is 4.72 Å². The molecule has 2 N–H and O–H groups in total. The molecular formula is C12H12BrNO4S. The van der Waals surface area contributed by atoms with E-state index in [0.717, 1.165) is 10.0 Å². The molecule has 1 aromatic rings. The summed E-state index contributed by atoms with van der Waals surface area (Å²) in [5.74, 6) is 0.819. The molecule has 0 aliphatic rings. The predicted octanol–water partition coefficient (Wildman–Crippen LogP) is 1.51. The topological polar surface area (TPSA) is 83.5 Å². The predicted molar refractivity (Wildman–Crippen MR) is 74.1 cm³/mol. The highest BCUT2D eigenvalue weighted by Gasteiger charge is 2.24. The lowest BCUT2D eigenvalue weighted by Gasteiger charge is -2.13. The van der Waals surface area contributed by atoms with E-state index < -0.39 is 22.0 Å². The maximum atomic E-state index is 12.0. The summed E-state index contributed by atoms with van der Waals surface area (Å²) in [4.78, 5) is 10.9. The Balaban J connectivity index is 3.07. The number of rotatable bonds is 5. The Bertz CT molecular complexity index is 634. The molecule has 19 heavy (non-hydrogen) atoms. The molecule has 0 bridgehead atoms. The van der Waals surface area contributed by atoms with Crippen molar-refractivity contribution in [1.29, 1.82) is 0 Å². The summed E-state index contributed by atoms with van der Waals surface area (Å²) in [6.07, 6.45) is 4.80. The molecule has 1 rings (SSSR count). The molecule has 1 unspecified atom stereocenters. The van der Waals surface area contributed by atoms with Gasteiger partial charge in [0.25, 0.3) is 0 Å². The van der Waals surface area contributed by atoms with Crippen LogP contribution in [0.2, 0.25) is 0 Å². The maximum absolute atomic E-state index is 12.0. The van der Waals surface area contributed by atoms with Crippen LogP contribution in [0.15, 0.2) is 27.6 Å². The van der Waals surface area contributed by atoms with Gasteiger partial charge in [-0.1, -0.05) is 15.9 Å². The van der Waals surface area contributed by atoms with Gasteiger partial charge in [0, 0.05) is 10.9 Å². The Morgan fingerprint density at radius 2 is 2.21 bits per heavy atom. The standard InChI is InChI=1S/C12H12BrNO4S/c1-3-4-11(12(15)16)14-19(17,18)9-5-6-10(13)8(2)7-9/h1,5-7,11,14H,4H2,2H3,(H,15,16). The first-order valence-corrected chi connectivity index (χ1v) is 7.50. The summed E-state index contributed by atoms with van der Waals surface area (Å²) < 4.78 is 26.9. The number of hydrogen-bond acceptors (Lipinski definition) is 3. The van der Waals surface area contributed by atoms with E-state index in [2.05, 4.69) is 26.6 Å². The Labute approximate surface area is 120 Å². The summed E-state index contributed by atoms with van der Waals surface area (Å²) in [5.41, 5.74) is 0.728. The number of sulfonamides is 1. The number of terminal acetylenes is 1. The molecule has 0 spiro atoms. The molecule has 0 radical (unpaired) electrons. The van der Waals surface area contributed by atoms with Crippen molar-refractivity contribution in [2.24, 2.45) is 0 Å². The van der Waals surface area contributed by atoms with E-state index in [1.807, 2.05) is 0 Å². The van der Waals surface area contributed by atoms with Gasteiger partial charge in [0.05, 0.1) is 4.90 Å². The van der Waals surface area contributed by atoms with Crippen molar-refractivity contribution in [2.45, 2.75) is 24.3 Å². The minimum atomic E-state index is -3.91. The minimum Gasteiger partial charge on any atom is -0.480 e. The second-order valence-electron chi connectivity index (χ2n) is 3.83. The zero-order valence-corrected chi connectivity index (χ0v) is 12.5. The Morgan fingerprint density at radius 3 is 2.68 bits per heavy atom. The van der Waals surface area contributed by atoms with Crippen molar-refractivity contribution in [3.05, 3.63) is 28.2 Å². The SMILES string of the molecule is C#CCC(NS(=O)(=O)c1ccc(Br)c(C)c1)C(=O)O. The Morgan fingerprint density at radius 1 is 1.58 bits per heavy atom. The van der Waals surface area contributed by atoms with Crippen LogP contribution in [0.5, 0.6) is 0 Å². The third kappa shape index (κ3) is 4.06. The van der Waals surface area contributed by atoms with Crippen LogP contribution in [0.1, 0.15) is 12.0 Å². The number of carboxylic acid groups (broad SMARTS) is 1. The highest BCUT2D eigenvalue weighted by Crippen LogP contribution is 2.20. The molecule has 0 aliphatic carbocycles. The van der Waals surface area contributed by atoms with E-state index in [1.54, 1.807) is 13.0 Å². The van der Waals surface area contributed by atoms with Gasteiger partial charge in [0.2, 0.25) is 10.0 Å². The molecular weight excluding hydrogens is 334 g/mol. The van der Waals surface area contributed by atoms with Crippen LogP contribution in [-0.2, 0) is 14.8 Å². The first-order chi connectivity index (χ1) is 8.77. The van der Waals surface area contributed by atoms with Crippen molar-refractivity contribution in [3.8, 4) is 12.3 Å². The van der Waals surface area contributed by atoms with Crippen molar-refractivity contribution in [2.75, 3.05) is 0 Å². The van der Waals surface area contributed by atoms with Gasteiger partial charge in [-0.3, -0.25) is 4.79 Å². The molecule has 5 nitrogen and oxygen atoms in total. The molecule has 0 aromatic heterocycles. The molecule has 0 amide bonds. The molecule has 0 saturated heterocycles. The van der Waals surface area contributed by atoms with Gasteiger partial charge < -0.3 is 5.11 Å². The molecule has 102 valence electrons. The van der Waals surface area contributed by atoms with Crippen molar-refractivity contribution in [3.63, 3.8) is 0 Å². The number of benzene rings is 1. The summed E-state index contributed by atoms with van der Waals surface area (Å²) in [6.45, 7) is 1.74. The fourth-order valence-electron chi connectivity index (χ4n) is 1.34. The van der Waals surface area contributed by atoms with Gasteiger partial charge in [0.15, 0.2) is 0 Å². The third-order valence-electron chi connectivity index (χ3n) is 2.36. The lowest BCUT2D eigenvalue weighted by molar-refractivity contribution is -0.138. The van der Waals surface area contributed by atoms with Crippen molar-refractivity contribution >= 4 is 31.9 Å². The first-order valence-electron chi connectivity index (χ1n) is 5.22. The molecule has 0 aliphatic heterocycles. The fourth-order valence-corrected chi connectivity index (χ4v) is 2.86. The summed E-state index contributed by atoms with van der Waals surface area (Å²) in [6, 6.07) is 3.08. The van der Waals surface area contributed by atoms with Gasteiger partial charge in [-0.05, 0) is 30.7 Å². The highest BCUT2D eigenvalue weighted by atomic mass is 79.9. The molecule has 7 heteroatoms.